The first-order valence-corrected chi connectivity index (χ1v) is 8.26. The second kappa shape index (κ2) is 8.04. The van der Waals surface area contributed by atoms with Crippen LogP contribution in [-0.2, 0) is 9.53 Å². The normalized spacial score (nSPS) is 17.7. The van der Waals surface area contributed by atoms with Gasteiger partial charge in [-0.1, -0.05) is 30.3 Å². The number of hydrogen-bond donors (Lipinski definition) is 1. The van der Waals surface area contributed by atoms with Gasteiger partial charge in [0, 0.05) is 31.4 Å². The van der Waals surface area contributed by atoms with Gasteiger partial charge in [-0.05, 0) is 12.6 Å². The molecule has 0 aliphatic carbocycles. The van der Waals surface area contributed by atoms with E-state index in [1.54, 1.807) is 18.3 Å². The number of carbonyl (C=O) groups is 1. The molecule has 1 N–H and O–H groups in total. The van der Waals surface area contributed by atoms with Gasteiger partial charge in [0.15, 0.2) is 0 Å². The third kappa shape index (κ3) is 4.52. The number of aromatic nitrogens is 2. The molecule has 0 spiro atoms. The van der Waals surface area contributed by atoms with Gasteiger partial charge in [0.1, 0.15) is 12.1 Å². The largest absolute Gasteiger partial charge is 0.480 e. The Bertz CT molecular complexity index is 710. The maximum Gasteiger partial charge on any atom is 0.317 e. The molecule has 0 saturated carbocycles. The third-order valence-corrected chi connectivity index (χ3v) is 4.13. The highest BCUT2D eigenvalue weighted by molar-refractivity contribution is 5.75. The summed E-state index contributed by atoms with van der Waals surface area (Å²) in [6, 6.07) is 10.1. The maximum absolute atomic E-state index is 10.8. The minimum absolute atomic E-state index is 0.00261. The average Bonchev–Trinajstić information content (AvgIpc) is 2.62. The molecule has 1 aromatic carbocycles. The molecule has 2 aromatic rings. The number of carboxylic acid groups (broad SMARTS) is 1. The molecule has 132 valence electrons. The Morgan fingerprint density at radius 1 is 1.40 bits per heavy atom. The smallest absolute Gasteiger partial charge is 0.317 e. The highest BCUT2D eigenvalue weighted by Crippen LogP contribution is 2.28. The van der Waals surface area contributed by atoms with E-state index in [1.165, 1.54) is 0 Å². The molecule has 2 heterocycles. The number of benzene rings is 1. The molecule has 7 heteroatoms. The van der Waals surface area contributed by atoms with Crippen LogP contribution in [-0.4, -0.2) is 71.9 Å². The molecule has 1 unspecified atom stereocenters. The molecule has 1 aliphatic heterocycles. The van der Waals surface area contributed by atoms with Crippen molar-refractivity contribution >= 4 is 11.8 Å². The first kappa shape index (κ1) is 17.3. The molecule has 3 rings (SSSR count). The lowest BCUT2D eigenvalue weighted by Crippen LogP contribution is -2.48. The second-order valence-corrected chi connectivity index (χ2v) is 6.16. The lowest BCUT2D eigenvalue weighted by molar-refractivity contribution is -0.138. The minimum Gasteiger partial charge on any atom is -0.480 e. The van der Waals surface area contributed by atoms with Crippen molar-refractivity contribution in [2.75, 3.05) is 44.7 Å². The van der Waals surface area contributed by atoms with E-state index in [0.717, 1.165) is 23.5 Å². The van der Waals surface area contributed by atoms with Crippen molar-refractivity contribution in [3.63, 3.8) is 0 Å². The first-order chi connectivity index (χ1) is 12.1. The van der Waals surface area contributed by atoms with Crippen LogP contribution in [0.5, 0.6) is 0 Å². The molecule has 1 fully saturated rings. The van der Waals surface area contributed by atoms with Crippen LogP contribution in [0.25, 0.3) is 11.1 Å². The Morgan fingerprint density at radius 2 is 2.20 bits per heavy atom. The van der Waals surface area contributed by atoms with Gasteiger partial charge < -0.3 is 14.7 Å². The van der Waals surface area contributed by atoms with Crippen molar-refractivity contribution in [1.82, 2.24) is 14.9 Å². The number of hydrogen-bond acceptors (Lipinski definition) is 6. The predicted molar refractivity (Wildman–Crippen MR) is 94.6 cm³/mol. The summed E-state index contributed by atoms with van der Waals surface area (Å²) in [4.78, 5) is 23.4. The minimum atomic E-state index is -0.836. The summed E-state index contributed by atoms with van der Waals surface area (Å²) in [6.07, 6.45) is 3.33. The van der Waals surface area contributed by atoms with Gasteiger partial charge in [-0.15, -0.1) is 0 Å². The van der Waals surface area contributed by atoms with Crippen LogP contribution in [0.15, 0.2) is 42.9 Å². The van der Waals surface area contributed by atoms with E-state index >= 15 is 0 Å². The van der Waals surface area contributed by atoms with Crippen LogP contribution < -0.4 is 4.90 Å². The van der Waals surface area contributed by atoms with Crippen LogP contribution in [0, 0.1) is 0 Å². The van der Waals surface area contributed by atoms with Gasteiger partial charge in [-0.25, -0.2) is 9.97 Å². The van der Waals surface area contributed by atoms with Crippen LogP contribution in [0.2, 0.25) is 0 Å². The second-order valence-electron chi connectivity index (χ2n) is 6.16. The molecule has 0 amide bonds. The lowest BCUT2D eigenvalue weighted by Gasteiger charge is -2.36. The number of rotatable bonds is 6. The van der Waals surface area contributed by atoms with E-state index in [2.05, 4.69) is 14.9 Å². The highest BCUT2D eigenvalue weighted by Gasteiger charge is 2.25. The zero-order chi connectivity index (χ0) is 17.6. The summed E-state index contributed by atoms with van der Waals surface area (Å²) in [5.74, 6) is 0.0488. The number of carboxylic acids is 1. The average molecular weight is 342 g/mol. The van der Waals surface area contributed by atoms with Crippen molar-refractivity contribution < 1.29 is 14.6 Å². The van der Waals surface area contributed by atoms with E-state index in [1.807, 2.05) is 36.5 Å². The van der Waals surface area contributed by atoms with Crippen molar-refractivity contribution in [2.45, 2.75) is 6.10 Å². The Kier molecular flexibility index (Phi) is 5.57. The number of nitrogens with zero attached hydrogens (tertiary/aromatic N) is 4. The Hall–Kier alpha value is -2.51. The molecule has 0 radical (unpaired) electrons. The summed E-state index contributed by atoms with van der Waals surface area (Å²) in [5.41, 5.74) is 2.06. The molecule has 1 atom stereocenters. The van der Waals surface area contributed by atoms with E-state index in [4.69, 9.17) is 9.84 Å². The van der Waals surface area contributed by atoms with Crippen molar-refractivity contribution in [2.24, 2.45) is 0 Å². The molecule has 25 heavy (non-hydrogen) atoms. The molecule has 0 bridgehead atoms. The fourth-order valence-corrected chi connectivity index (χ4v) is 3.06. The molecule has 1 aliphatic rings. The molecule has 1 saturated heterocycles. The maximum atomic E-state index is 10.8. The molecular weight excluding hydrogens is 320 g/mol. The lowest BCUT2D eigenvalue weighted by atomic mass is 10.1. The van der Waals surface area contributed by atoms with E-state index in [0.29, 0.717) is 19.7 Å². The summed E-state index contributed by atoms with van der Waals surface area (Å²) in [5, 5.41) is 8.90. The molecular formula is C18H22N4O3. The van der Waals surface area contributed by atoms with E-state index in [9.17, 15) is 4.79 Å². The summed E-state index contributed by atoms with van der Waals surface area (Å²) in [6.45, 7) is 2.57. The zero-order valence-electron chi connectivity index (χ0n) is 14.2. The third-order valence-electron chi connectivity index (χ3n) is 4.13. The van der Waals surface area contributed by atoms with Crippen molar-refractivity contribution in [3.05, 3.63) is 42.9 Å². The number of likely N-dealkylation sites (N-methyl/N-ethyl adjacent to an activating group) is 1. The monoisotopic (exact) mass is 342 g/mol. The van der Waals surface area contributed by atoms with E-state index in [-0.39, 0.29) is 12.6 Å². The standard InChI is InChI=1S/C18H22N4O3/c1-21(12-17(23)24)10-15-11-22(7-8-25-15)18-16(9-19-13-20-18)14-5-3-2-4-6-14/h2-6,9,13,15H,7-8,10-12H2,1H3,(H,23,24). The van der Waals surface area contributed by atoms with Gasteiger partial charge >= 0.3 is 5.97 Å². The van der Waals surface area contributed by atoms with Crippen LogP contribution in [0.4, 0.5) is 5.82 Å². The summed E-state index contributed by atoms with van der Waals surface area (Å²) >= 11 is 0. The van der Waals surface area contributed by atoms with Gasteiger partial charge in [-0.2, -0.15) is 0 Å². The van der Waals surface area contributed by atoms with Crippen molar-refractivity contribution in [3.8, 4) is 11.1 Å². The fourth-order valence-electron chi connectivity index (χ4n) is 3.06. The predicted octanol–water partition coefficient (Wildman–Crippen LogP) is 1.37. The van der Waals surface area contributed by atoms with Gasteiger partial charge in [0.05, 0.1) is 19.3 Å². The van der Waals surface area contributed by atoms with Gasteiger partial charge in [0.25, 0.3) is 0 Å². The van der Waals surface area contributed by atoms with Crippen LogP contribution >= 0.6 is 0 Å². The highest BCUT2D eigenvalue weighted by atomic mass is 16.5. The number of morpholine rings is 1. The molecule has 1 aromatic heterocycles. The van der Waals surface area contributed by atoms with E-state index < -0.39 is 5.97 Å². The Labute approximate surface area is 146 Å². The fraction of sp³-hybridized carbons (Fsp3) is 0.389. The zero-order valence-corrected chi connectivity index (χ0v) is 14.2. The van der Waals surface area contributed by atoms with Crippen LogP contribution in [0.1, 0.15) is 0 Å². The van der Waals surface area contributed by atoms with Crippen molar-refractivity contribution in [1.29, 1.82) is 0 Å². The first-order valence-electron chi connectivity index (χ1n) is 8.26. The Morgan fingerprint density at radius 3 is 2.96 bits per heavy atom. The Balaban J connectivity index is 1.75. The summed E-state index contributed by atoms with van der Waals surface area (Å²) in [7, 11) is 1.79. The molecule has 7 nitrogen and oxygen atoms in total. The number of aliphatic carboxylic acids is 1. The SMILES string of the molecule is CN(CC(=O)O)CC1CN(c2ncncc2-c2ccccc2)CCO1. The van der Waals surface area contributed by atoms with Gasteiger partial charge in [0.2, 0.25) is 0 Å². The van der Waals surface area contributed by atoms with Crippen LogP contribution in [0.3, 0.4) is 0 Å². The number of anilines is 1. The quantitative estimate of drug-likeness (QED) is 0.849. The van der Waals surface area contributed by atoms with Gasteiger partial charge in [-0.3, -0.25) is 9.69 Å². The summed E-state index contributed by atoms with van der Waals surface area (Å²) < 4.78 is 5.81. The number of ether oxygens (including phenoxy) is 1. The topological polar surface area (TPSA) is 78.8 Å².